The summed E-state index contributed by atoms with van der Waals surface area (Å²) in [5.41, 5.74) is 0. The first-order valence-corrected chi connectivity index (χ1v) is 27.8. The second-order valence-electron chi connectivity index (χ2n) is 19.9. The van der Waals surface area contributed by atoms with Crippen molar-refractivity contribution in [3.63, 3.8) is 0 Å². The first-order valence-electron chi connectivity index (χ1n) is 27.8. The van der Waals surface area contributed by atoms with Crippen molar-refractivity contribution >= 4 is 17.9 Å². The predicted molar refractivity (Wildman–Crippen MR) is 266 cm³/mol. The van der Waals surface area contributed by atoms with Crippen molar-refractivity contribution in [3.8, 4) is 0 Å². The summed E-state index contributed by atoms with van der Waals surface area (Å²) in [5, 5.41) is 0. The average molecular weight is 877 g/mol. The third-order valence-electron chi connectivity index (χ3n) is 13.1. The van der Waals surface area contributed by atoms with Crippen LogP contribution in [0.4, 0.5) is 0 Å². The number of carbonyl (C=O) groups is 3. The molecule has 0 aliphatic heterocycles. The monoisotopic (exact) mass is 877 g/mol. The summed E-state index contributed by atoms with van der Waals surface area (Å²) in [4.78, 5) is 38.0. The molecule has 0 aromatic heterocycles. The van der Waals surface area contributed by atoms with Gasteiger partial charge in [-0.05, 0) is 31.1 Å². The third-order valence-corrected chi connectivity index (χ3v) is 13.1. The van der Waals surface area contributed by atoms with E-state index < -0.39 is 6.10 Å². The Morgan fingerprint density at radius 3 is 0.919 bits per heavy atom. The number of esters is 3. The van der Waals surface area contributed by atoms with Crippen molar-refractivity contribution in [1.82, 2.24) is 0 Å². The Labute approximate surface area is 387 Å². The Hall–Kier alpha value is -1.59. The number of hydrogen-bond donors (Lipinski definition) is 0. The van der Waals surface area contributed by atoms with Crippen LogP contribution < -0.4 is 0 Å². The summed E-state index contributed by atoms with van der Waals surface area (Å²) in [5.74, 6) is 0.852. The normalized spacial score (nSPS) is 12.5. The molecule has 0 fully saturated rings. The molecule has 0 aliphatic rings. The number of hydrogen-bond acceptors (Lipinski definition) is 6. The third kappa shape index (κ3) is 47.9. The molecular weight excluding hydrogens is 769 g/mol. The van der Waals surface area contributed by atoms with Crippen molar-refractivity contribution in [2.75, 3.05) is 13.2 Å². The first kappa shape index (κ1) is 60.4. The fourth-order valence-corrected chi connectivity index (χ4v) is 8.49. The van der Waals surface area contributed by atoms with Crippen LogP contribution in [-0.2, 0) is 28.6 Å². The fraction of sp³-hybridized carbons (Fsp3) is 0.946. The molecule has 0 radical (unpaired) electrons. The molecule has 1 unspecified atom stereocenters. The highest BCUT2D eigenvalue weighted by Crippen LogP contribution is 2.18. The molecule has 0 saturated heterocycles. The van der Waals surface area contributed by atoms with E-state index in [4.69, 9.17) is 14.2 Å². The summed E-state index contributed by atoms with van der Waals surface area (Å²) in [6, 6.07) is 0. The lowest BCUT2D eigenvalue weighted by atomic mass is 9.99. The zero-order valence-electron chi connectivity index (χ0n) is 42.5. The van der Waals surface area contributed by atoms with Gasteiger partial charge in [0.15, 0.2) is 6.10 Å². The van der Waals surface area contributed by atoms with Crippen molar-refractivity contribution in [1.29, 1.82) is 0 Å². The number of unbranched alkanes of at least 4 members (excludes halogenated alkanes) is 34. The van der Waals surface area contributed by atoms with E-state index in [9.17, 15) is 14.4 Å². The van der Waals surface area contributed by atoms with Gasteiger partial charge >= 0.3 is 17.9 Å². The summed E-state index contributed by atoms with van der Waals surface area (Å²) in [6.45, 7) is 11.4. The molecule has 0 N–H and O–H groups in total. The van der Waals surface area contributed by atoms with E-state index in [2.05, 4.69) is 34.6 Å². The van der Waals surface area contributed by atoms with E-state index in [0.717, 1.165) is 69.6 Å². The molecule has 6 heteroatoms. The fourth-order valence-electron chi connectivity index (χ4n) is 8.49. The molecule has 0 aliphatic carbocycles. The maximum Gasteiger partial charge on any atom is 0.306 e. The second kappa shape index (κ2) is 48.9. The Morgan fingerprint density at radius 2 is 0.613 bits per heavy atom. The summed E-state index contributed by atoms with van der Waals surface area (Å²) < 4.78 is 16.9. The minimum atomic E-state index is -0.762. The summed E-state index contributed by atoms with van der Waals surface area (Å²) >= 11 is 0. The van der Waals surface area contributed by atoms with Gasteiger partial charge in [-0.1, -0.05) is 272 Å². The SMILES string of the molecule is CCCCCCCCCCCCCCCCC(=O)OC[C@H](COC(=O)CCCCCCCCCCC(C)CC)OC(=O)CCCCCCCCCCCCCCCCCC(C)C. The van der Waals surface area contributed by atoms with Gasteiger partial charge in [0.25, 0.3) is 0 Å². The largest absolute Gasteiger partial charge is 0.462 e. The van der Waals surface area contributed by atoms with Gasteiger partial charge in [0.2, 0.25) is 0 Å². The van der Waals surface area contributed by atoms with Crippen LogP contribution in [0.3, 0.4) is 0 Å². The Balaban J connectivity index is 4.30. The van der Waals surface area contributed by atoms with Crippen molar-refractivity contribution in [2.24, 2.45) is 11.8 Å². The van der Waals surface area contributed by atoms with Crippen LogP contribution in [0.25, 0.3) is 0 Å². The van der Waals surface area contributed by atoms with E-state index in [1.165, 1.54) is 199 Å². The van der Waals surface area contributed by atoms with Gasteiger partial charge in [-0.2, -0.15) is 0 Å². The average Bonchev–Trinajstić information content (AvgIpc) is 3.26. The van der Waals surface area contributed by atoms with Crippen LogP contribution in [0.1, 0.15) is 311 Å². The number of ether oxygens (including phenoxy) is 3. The quantitative estimate of drug-likeness (QED) is 0.0344. The van der Waals surface area contributed by atoms with Crippen molar-refractivity contribution < 1.29 is 28.6 Å². The Kier molecular flexibility index (Phi) is 47.6. The molecule has 0 heterocycles. The number of rotatable bonds is 50. The molecule has 0 spiro atoms. The molecular formula is C56H108O6. The lowest BCUT2D eigenvalue weighted by Gasteiger charge is -2.18. The van der Waals surface area contributed by atoms with E-state index in [1.54, 1.807) is 0 Å². The molecule has 0 aromatic rings. The standard InChI is InChI=1S/C56H108O6/c1-6-8-9-10-11-12-13-14-19-22-25-31-36-41-46-54(57)60-49-53(50-61-55(58)47-42-37-32-28-27-30-35-40-45-52(5)7-2)62-56(59)48-43-38-33-26-23-20-17-15-16-18-21-24-29-34-39-44-51(3)4/h51-53H,6-50H2,1-5H3/t52?,53-/m1/s1. The lowest BCUT2D eigenvalue weighted by Crippen LogP contribution is -2.30. The van der Waals surface area contributed by atoms with E-state index in [1.807, 2.05) is 0 Å². The van der Waals surface area contributed by atoms with Crippen LogP contribution in [0, 0.1) is 11.8 Å². The zero-order valence-corrected chi connectivity index (χ0v) is 42.5. The second-order valence-corrected chi connectivity index (χ2v) is 19.9. The minimum Gasteiger partial charge on any atom is -0.462 e. The molecule has 0 bridgehead atoms. The summed E-state index contributed by atoms with van der Waals surface area (Å²) in [7, 11) is 0. The lowest BCUT2D eigenvalue weighted by molar-refractivity contribution is -0.167. The molecule has 368 valence electrons. The highest BCUT2D eigenvalue weighted by atomic mass is 16.6. The molecule has 6 nitrogen and oxygen atoms in total. The van der Waals surface area contributed by atoms with E-state index in [0.29, 0.717) is 19.3 Å². The van der Waals surface area contributed by atoms with Gasteiger partial charge in [-0.25, -0.2) is 0 Å². The summed E-state index contributed by atoms with van der Waals surface area (Å²) in [6.07, 6.45) is 50.8. The Bertz CT molecular complexity index is 949. The van der Waals surface area contributed by atoms with Gasteiger partial charge in [0.05, 0.1) is 0 Å². The zero-order chi connectivity index (χ0) is 45.4. The molecule has 2 atom stereocenters. The van der Waals surface area contributed by atoms with Crippen LogP contribution >= 0.6 is 0 Å². The van der Waals surface area contributed by atoms with Crippen molar-refractivity contribution in [2.45, 2.75) is 317 Å². The topological polar surface area (TPSA) is 78.9 Å². The molecule has 0 amide bonds. The van der Waals surface area contributed by atoms with Gasteiger partial charge in [0.1, 0.15) is 13.2 Å². The number of carbonyl (C=O) groups excluding carboxylic acids is 3. The van der Waals surface area contributed by atoms with Crippen LogP contribution in [-0.4, -0.2) is 37.2 Å². The van der Waals surface area contributed by atoms with Crippen LogP contribution in [0.2, 0.25) is 0 Å². The minimum absolute atomic E-state index is 0.0632. The first-order chi connectivity index (χ1) is 30.3. The van der Waals surface area contributed by atoms with Gasteiger partial charge in [-0.15, -0.1) is 0 Å². The highest BCUT2D eigenvalue weighted by molar-refractivity contribution is 5.71. The van der Waals surface area contributed by atoms with E-state index in [-0.39, 0.29) is 31.1 Å². The molecule has 0 saturated carbocycles. The molecule has 0 rings (SSSR count). The Morgan fingerprint density at radius 1 is 0.339 bits per heavy atom. The van der Waals surface area contributed by atoms with E-state index >= 15 is 0 Å². The predicted octanol–water partition coefficient (Wildman–Crippen LogP) is 18.1. The maximum atomic E-state index is 12.8. The van der Waals surface area contributed by atoms with Gasteiger partial charge < -0.3 is 14.2 Å². The van der Waals surface area contributed by atoms with Crippen molar-refractivity contribution in [3.05, 3.63) is 0 Å². The van der Waals surface area contributed by atoms with Gasteiger partial charge in [-0.3, -0.25) is 14.4 Å². The highest BCUT2D eigenvalue weighted by Gasteiger charge is 2.19. The smallest absolute Gasteiger partial charge is 0.306 e. The maximum absolute atomic E-state index is 12.8. The molecule has 0 aromatic carbocycles. The van der Waals surface area contributed by atoms with Crippen LogP contribution in [0.15, 0.2) is 0 Å². The molecule has 62 heavy (non-hydrogen) atoms. The van der Waals surface area contributed by atoms with Crippen LogP contribution in [0.5, 0.6) is 0 Å². The van der Waals surface area contributed by atoms with Gasteiger partial charge in [0, 0.05) is 19.3 Å².